The maximum Gasteiger partial charge on any atom is 0.410 e. The number of carbonyl (C=O) groups is 1. The van der Waals surface area contributed by atoms with E-state index in [0.717, 1.165) is 6.07 Å². The van der Waals surface area contributed by atoms with Crippen molar-refractivity contribution >= 4 is 6.09 Å². The summed E-state index contributed by atoms with van der Waals surface area (Å²) >= 11 is 0. The number of hydrogen-bond acceptors (Lipinski definition) is 3. The predicted octanol–water partition coefficient (Wildman–Crippen LogP) is 3.02. The van der Waals surface area contributed by atoms with Crippen LogP contribution in [-0.2, 0) is 4.74 Å². The van der Waals surface area contributed by atoms with Crippen LogP contribution < -0.4 is 5.73 Å². The van der Waals surface area contributed by atoms with Crippen LogP contribution in [0.25, 0.3) is 0 Å². The Hall–Kier alpha value is -1.69. The highest BCUT2D eigenvalue weighted by atomic mass is 19.1. The lowest BCUT2D eigenvalue weighted by molar-refractivity contribution is 0.0186. The zero-order valence-corrected chi connectivity index (χ0v) is 13.1. The Labute approximate surface area is 129 Å². The predicted molar refractivity (Wildman–Crippen MR) is 79.5 cm³/mol. The number of hydrogen-bond donors (Lipinski definition) is 1. The van der Waals surface area contributed by atoms with Gasteiger partial charge in [-0.05, 0) is 44.9 Å². The number of benzene rings is 1. The second-order valence-corrected chi connectivity index (χ2v) is 6.69. The zero-order chi connectivity index (χ0) is 16.5. The molecule has 1 amide bonds. The van der Waals surface area contributed by atoms with E-state index in [0.29, 0.717) is 25.1 Å². The second kappa shape index (κ2) is 6.20. The average molecular weight is 312 g/mol. The molecular formula is C16H22F2N2O2. The highest BCUT2D eigenvalue weighted by Gasteiger charge is 2.32. The van der Waals surface area contributed by atoms with Crippen LogP contribution in [0.15, 0.2) is 18.2 Å². The van der Waals surface area contributed by atoms with E-state index in [9.17, 15) is 13.6 Å². The lowest BCUT2D eigenvalue weighted by Gasteiger charge is -2.37. The summed E-state index contributed by atoms with van der Waals surface area (Å²) in [6, 6.07) is 3.06. The molecule has 0 spiro atoms. The molecule has 4 nitrogen and oxygen atoms in total. The highest BCUT2D eigenvalue weighted by Crippen LogP contribution is 2.29. The van der Waals surface area contributed by atoms with E-state index in [2.05, 4.69) is 0 Å². The number of rotatable bonds is 1. The third-order valence-electron chi connectivity index (χ3n) is 3.62. The van der Waals surface area contributed by atoms with E-state index in [1.165, 1.54) is 12.1 Å². The minimum atomic E-state index is -0.614. The highest BCUT2D eigenvalue weighted by molar-refractivity contribution is 5.68. The van der Waals surface area contributed by atoms with Gasteiger partial charge in [0.15, 0.2) is 0 Å². The van der Waals surface area contributed by atoms with Gasteiger partial charge in [0.25, 0.3) is 0 Å². The fourth-order valence-electron chi connectivity index (χ4n) is 2.68. The van der Waals surface area contributed by atoms with Gasteiger partial charge in [0.05, 0.1) is 0 Å². The molecule has 6 heteroatoms. The van der Waals surface area contributed by atoms with Crippen molar-refractivity contribution in [3.63, 3.8) is 0 Å². The lowest BCUT2D eigenvalue weighted by Crippen LogP contribution is -2.50. The zero-order valence-electron chi connectivity index (χ0n) is 13.1. The molecule has 1 aromatic carbocycles. The number of nitrogens with two attached hydrogens (primary N) is 1. The Morgan fingerprint density at radius 3 is 2.36 bits per heavy atom. The largest absolute Gasteiger partial charge is 0.444 e. The normalized spacial score (nSPS) is 22.5. The Kier molecular flexibility index (Phi) is 4.70. The van der Waals surface area contributed by atoms with Crippen LogP contribution >= 0.6 is 0 Å². The summed E-state index contributed by atoms with van der Waals surface area (Å²) in [5, 5.41) is 0. The summed E-state index contributed by atoms with van der Waals surface area (Å²) in [6.45, 7) is 6.15. The van der Waals surface area contributed by atoms with Crippen LogP contribution in [0.5, 0.6) is 0 Å². The van der Waals surface area contributed by atoms with Gasteiger partial charge in [-0.15, -0.1) is 0 Å². The van der Waals surface area contributed by atoms with Gasteiger partial charge >= 0.3 is 6.09 Å². The molecule has 1 aliphatic rings. The number of nitrogens with zero attached hydrogens (tertiary/aromatic N) is 1. The molecule has 0 radical (unpaired) electrons. The molecular weight excluding hydrogens is 290 g/mol. The third-order valence-corrected chi connectivity index (χ3v) is 3.62. The number of piperidine rings is 1. The summed E-state index contributed by atoms with van der Waals surface area (Å²) < 4.78 is 32.0. The first-order chi connectivity index (χ1) is 10.2. The smallest absolute Gasteiger partial charge is 0.410 e. The summed E-state index contributed by atoms with van der Waals surface area (Å²) in [7, 11) is 0. The monoisotopic (exact) mass is 312 g/mol. The molecule has 1 heterocycles. The Balaban J connectivity index is 2.05. The van der Waals surface area contributed by atoms with Gasteiger partial charge in [-0.25, -0.2) is 13.6 Å². The third kappa shape index (κ3) is 4.16. The minimum absolute atomic E-state index is 0.177. The fraction of sp³-hybridized carbons (Fsp3) is 0.562. The van der Waals surface area contributed by atoms with Crippen LogP contribution in [0.2, 0.25) is 0 Å². The maximum atomic E-state index is 13.3. The number of ether oxygens (including phenoxy) is 1. The van der Waals surface area contributed by atoms with E-state index in [4.69, 9.17) is 10.5 Å². The van der Waals surface area contributed by atoms with Crippen LogP contribution in [0, 0.1) is 11.6 Å². The lowest BCUT2D eigenvalue weighted by atomic mass is 9.86. The molecule has 0 bridgehead atoms. The van der Waals surface area contributed by atoms with Crippen molar-refractivity contribution in [3.05, 3.63) is 35.4 Å². The average Bonchev–Trinajstić information content (AvgIpc) is 2.35. The van der Waals surface area contributed by atoms with Gasteiger partial charge in [0, 0.05) is 31.1 Å². The molecule has 1 saturated heterocycles. The molecule has 122 valence electrons. The van der Waals surface area contributed by atoms with Crippen molar-refractivity contribution in [2.45, 2.75) is 44.8 Å². The summed E-state index contributed by atoms with van der Waals surface area (Å²) in [5.41, 5.74) is 6.08. The quantitative estimate of drug-likeness (QED) is 0.867. The molecule has 0 aromatic heterocycles. The molecule has 0 saturated carbocycles. The SMILES string of the molecule is CC(C)(C)OC(=O)N1CC[C@@H](c2cc(F)cc(F)c2)[C@H](N)C1. The van der Waals surface area contributed by atoms with Crippen LogP contribution in [-0.4, -0.2) is 35.7 Å². The van der Waals surface area contributed by atoms with E-state index in [1.807, 2.05) is 0 Å². The van der Waals surface area contributed by atoms with Gasteiger partial charge in [-0.3, -0.25) is 0 Å². The van der Waals surface area contributed by atoms with Gasteiger partial charge in [0.1, 0.15) is 17.2 Å². The first kappa shape index (κ1) is 16.7. The summed E-state index contributed by atoms with van der Waals surface area (Å²) in [4.78, 5) is 13.6. The van der Waals surface area contributed by atoms with Gasteiger partial charge in [-0.2, -0.15) is 0 Å². The number of likely N-dealkylation sites (tertiary alicyclic amines) is 1. The first-order valence-electron chi connectivity index (χ1n) is 7.35. The van der Waals surface area contributed by atoms with E-state index >= 15 is 0 Å². The first-order valence-corrected chi connectivity index (χ1v) is 7.35. The molecule has 2 N–H and O–H groups in total. The van der Waals surface area contributed by atoms with Crippen molar-refractivity contribution in [3.8, 4) is 0 Å². The van der Waals surface area contributed by atoms with Crippen LogP contribution in [0.4, 0.5) is 13.6 Å². The molecule has 22 heavy (non-hydrogen) atoms. The van der Waals surface area contributed by atoms with Crippen LogP contribution in [0.3, 0.4) is 0 Å². The number of carbonyl (C=O) groups excluding carboxylic acids is 1. The summed E-state index contributed by atoms with van der Waals surface area (Å²) in [6.07, 6.45) is 0.135. The number of halogens is 2. The molecule has 0 unspecified atom stereocenters. The van der Waals surface area contributed by atoms with Crippen molar-refractivity contribution in [1.82, 2.24) is 4.90 Å². The van der Waals surface area contributed by atoms with Gasteiger partial charge in [0.2, 0.25) is 0 Å². The van der Waals surface area contributed by atoms with Crippen molar-refractivity contribution < 1.29 is 18.3 Å². The Bertz CT molecular complexity index is 537. The topological polar surface area (TPSA) is 55.6 Å². The molecule has 2 atom stereocenters. The second-order valence-electron chi connectivity index (χ2n) is 6.69. The maximum absolute atomic E-state index is 13.3. The molecule has 2 rings (SSSR count). The molecule has 1 aromatic rings. The van der Waals surface area contributed by atoms with Gasteiger partial charge in [-0.1, -0.05) is 0 Å². The summed E-state index contributed by atoms with van der Waals surface area (Å²) in [5.74, 6) is -1.41. The van der Waals surface area contributed by atoms with Crippen molar-refractivity contribution in [2.75, 3.05) is 13.1 Å². The number of amides is 1. The fourth-order valence-corrected chi connectivity index (χ4v) is 2.68. The Morgan fingerprint density at radius 1 is 1.27 bits per heavy atom. The molecule has 1 aliphatic heterocycles. The van der Waals surface area contributed by atoms with Crippen molar-refractivity contribution in [2.24, 2.45) is 5.73 Å². The Morgan fingerprint density at radius 2 is 1.86 bits per heavy atom. The minimum Gasteiger partial charge on any atom is -0.444 e. The molecule has 0 aliphatic carbocycles. The van der Waals surface area contributed by atoms with E-state index < -0.39 is 23.3 Å². The standard InChI is InChI=1S/C16H22F2N2O2/c1-16(2,3)22-15(21)20-5-4-13(14(19)9-20)10-6-11(17)8-12(18)7-10/h6-8,13-14H,4-5,9,19H2,1-3H3/t13-,14+/m0/s1. The van der Waals surface area contributed by atoms with E-state index in [-0.39, 0.29) is 12.0 Å². The van der Waals surface area contributed by atoms with E-state index in [1.54, 1.807) is 25.7 Å². The van der Waals surface area contributed by atoms with Crippen LogP contribution in [0.1, 0.15) is 38.7 Å². The van der Waals surface area contributed by atoms with Crippen molar-refractivity contribution in [1.29, 1.82) is 0 Å². The molecule has 1 fully saturated rings. The van der Waals surface area contributed by atoms with Gasteiger partial charge < -0.3 is 15.4 Å².